The highest BCUT2D eigenvalue weighted by Crippen LogP contribution is 2.38. The summed E-state index contributed by atoms with van der Waals surface area (Å²) in [5.41, 5.74) is 7.54. The molecule has 19 heavy (non-hydrogen) atoms. The number of hydrogen-bond acceptors (Lipinski definition) is 5. The number of ether oxygens (including phenoxy) is 2. The number of hydrogen-bond donors (Lipinski definition) is 1. The van der Waals surface area contributed by atoms with E-state index < -0.39 is 0 Å². The summed E-state index contributed by atoms with van der Waals surface area (Å²) in [5, 5.41) is 8.10. The van der Waals surface area contributed by atoms with Crippen molar-refractivity contribution in [2.24, 2.45) is 15.9 Å². The minimum atomic E-state index is 0.581. The van der Waals surface area contributed by atoms with Crippen molar-refractivity contribution in [3.05, 3.63) is 22.2 Å². The Bertz CT molecular complexity index is 569. The van der Waals surface area contributed by atoms with Crippen LogP contribution in [0.2, 0.25) is 0 Å². The van der Waals surface area contributed by atoms with Crippen molar-refractivity contribution in [2.75, 3.05) is 13.2 Å². The van der Waals surface area contributed by atoms with Crippen molar-refractivity contribution in [3.8, 4) is 11.5 Å². The topological polar surface area (TPSA) is 69.2 Å². The summed E-state index contributed by atoms with van der Waals surface area (Å²) in [5.74, 6) is 2.10. The SMILES string of the molecule is NC1=NN=C(c2cc(Br)c3c(c2)OCCCO3)CC1. The summed E-state index contributed by atoms with van der Waals surface area (Å²) in [7, 11) is 0. The average Bonchev–Trinajstić information content (AvgIpc) is 2.65. The van der Waals surface area contributed by atoms with E-state index in [1.54, 1.807) is 0 Å². The number of benzene rings is 1. The molecule has 0 atom stereocenters. The molecule has 0 aromatic heterocycles. The molecule has 6 heteroatoms. The maximum Gasteiger partial charge on any atom is 0.175 e. The monoisotopic (exact) mass is 323 g/mol. The van der Waals surface area contributed by atoms with Crippen LogP contribution in [0.1, 0.15) is 24.8 Å². The molecule has 0 aliphatic carbocycles. The number of amidine groups is 1. The second kappa shape index (κ2) is 5.21. The normalized spacial score (nSPS) is 18.4. The van der Waals surface area contributed by atoms with Crippen LogP contribution in [0.4, 0.5) is 0 Å². The molecule has 0 saturated heterocycles. The molecule has 2 N–H and O–H groups in total. The first-order valence-electron chi connectivity index (χ1n) is 6.22. The second-order valence-corrected chi connectivity index (χ2v) is 5.33. The van der Waals surface area contributed by atoms with E-state index in [1.807, 2.05) is 12.1 Å². The average molecular weight is 324 g/mol. The van der Waals surface area contributed by atoms with E-state index in [4.69, 9.17) is 15.2 Å². The molecule has 0 amide bonds. The predicted molar refractivity (Wildman–Crippen MR) is 77.1 cm³/mol. The molecule has 0 spiro atoms. The third kappa shape index (κ3) is 2.58. The molecule has 0 unspecified atom stereocenters. The molecule has 0 bridgehead atoms. The Hall–Kier alpha value is -1.56. The lowest BCUT2D eigenvalue weighted by Crippen LogP contribution is -2.17. The molecule has 0 radical (unpaired) electrons. The van der Waals surface area contributed by atoms with Crippen LogP contribution in [-0.4, -0.2) is 24.8 Å². The highest BCUT2D eigenvalue weighted by molar-refractivity contribution is 9.10. The Morgan fingerprint density at radius 2 is 1.95 bits per heavy atom. The predicted octanol–water partition coefficient (Wildman–Crippen LogP) is 2.47. The molecule has 1 aromatic rings. The summed E-state index contributed by atoms with van der Waals surface area (Å²) in [4.78, 5) is 0. The highest BCUT2D eigenvalue weighted by Gasteiger charge is 2.18. The van der Waals surface area contributed by atoms with E-state index in [-0.39, 0.29) is 0 Å². The Balaban J connectivity index is 2.00. The van der Waals surface area contributed by atoms with Gasteiger partial charge < -0.3 is 15.2 Å². The van der Waals surface area contributed by atoms with Crippen LogP contribution < -0.4 is 15.2 Å². The second-order valence-electron chi connectivity index (χ2n) is 4.47. The molecular formula is C13H14BrN3O2. The Morgan fingerprint density at radius 3 is 2.74 bits per heavy atom. The first-order chi connectivity index (χ1) is 9.24. The van der Waals surface area contributed by atoms with Gasteiger partial charge in [-0.2, -0.15) is 5.10 Å². The summed E-state index contributed by atoms with van der Waals surface area (Å²) >= 11 is 3.53. The van der Waals surface area contributed by atoms with Gasteiger partial charge in [0.1, 0.15) is 5.84 Å². The summed E-state index contributed by atoms with van der Waals surface area (Å²) in [6, 6.07) is 3.95. The zero-order valence-electron chi connectivity index (χ0n) is 10.4. The molecular weight excluding hydrogens is 310 g/mol. The zero-order chi connectivity index (χ0) is 13.2. The van der Waals surface area contributed by atoms with Crippen LogP contribution in [0.15, 0.2) is 26.8 Å². The van der Waals surface area contributed by atoms with Crippen molar-refractivity contribution in [2.45, 2.75) is 19.3 Å². The fourth-order valence-corrected chi connectivity index (χ4v) is 2.63. The van der Waals surface area contributed by atoms with Crippen LogP contribution in [0.3, 0.4) is 0 Å². The van der Waals surface area contributed by atoms with Gasteiger partial charge in [-0.15, -0.1) is 5.10 Å². The van der Waals surface area contributed by atoms with Gasteiger partial charge in [-0.05, 0) is 34.5 Å². The number of fused-ring (bicyclic) bond motifs is 1. The molecule has 0 saturated carbocycles. The summed E-state index contributed by atoms with van der Waals surface area (Å²) in [6.45, 7) is 1.34. The van der Waals surface area contributed by atoms with Gasteiger partial charge in [0.25, 0.3) is 0 Å². The van der Waals surface area contributed by atoms with Gasteiger partial charge in [0.05, 0.1) is 23.4 Å². The van der Waals surface area contributed by atoms with Crippen LogP contribution in [-0.2, 0) is 0 Å². The Labute approximate surface area is 119 Å². The Morgan fingerprint density at radius 1 is 1.11 bits per heavy atom. The quantitative estimate of drug-likeness (QED) is 0.863. The number of nitrogens with zero attached hydrogens (tertiary/aromatic N) is 2. The largest absolute Gasteiger partial charge is 0.489 e. The summed E-state index contributed by atoms with van der Waals surface area (Å²) < 4.78 is 12.3. The van der Waals surface area contributed by atoms with E-state index in [2.05, 4.69) is 26.1 Å². The fraction of sp³-hybridized carbons (Fsp3) is 0.385. The number of rotatable bonds is 1. The summed E-state index contributed by atoms with van der Waals surface area (Å²) in [6.07, 6.45) is 2.42. The molecule has 100 valence electrons. The Kier molecular flexibility index (Phi) is 3.42. The zero-order valence-corrected chi connectivity index (χ0v) is 11.9. The van der Waals surface area contributed by atoms with Crippen molar-refractivity contribution in [1.29, 1.82) is 0 Å². The maximum absolute atomic E-state index is 5.71. The van der Waals surface area contributed by atoms with E-state index in [1.165, 1.54) is 0 Å². The van der Waals surface area contributed by atoms with Crippen molar-refractivity contribution >= 4 is 27.5 Å². The van der Waals surface area contributed by atoms with E-state index in [0.717, 1.165) is 46.5 Å². The number of halogens is 1. The van der Waals surface area contributed by atoms with E-state index in [0.29, 0.717) is 19.0 Å². The van der Waals surface area contributed by atoms with E-state index in [9.17, 15) is 0 Å². The maximum atomic E-state index is 5.71. The van der Waals surface area contributed by atoms with Gasteiger partial charge in [-0.1, -0.05) is 0 Å². The van der Waals surface area contributed by atoms with Crippen molar-refractivity contribution < 1.29 is 9.47 Å². The fourth-order valence-electron chi connectivity index (χ4n) is 2.07. The van der Waals surface area contributed by atoms with Crippen molar-refractivity contribution in [1.82, 2.24) is 0 Å². The van der Waals surface area contributed by atoms with Gasteiger partial charge in [0.15, 0.2) is 11.5 Å². The van der Waals surface area contributed by atoms with E-state index >= 15 is 0 Å². The van der Waals surface area contributed by atoms with Gasteiger partial charge in [-0.25, -0.2) is 0 Å². The first kappa shape index (κ1) is 12.5. The molecule has 1 aromatic carbocycles. The van der Waals surface area contributed by atoms with Crippen molar-refractivity contribution in [3.63, 3.8) is 0 Å². The van der Waals surface area contributed by atoms with Crippen LogP contribution in [0, 0.1) is 0 Å². The minimum absolute atomic E-state index is 0.581. The molecule has 2 heterocycles. The lowest BCUT2D eigenvalue weighted by molar-refractivity contribution is 0.296. The third-order valence-corrected chi connectivity index (χ3v) is 3.64. The standard InChI is InChI=1S/C13H14BrN3O2/c14-9-6-8(10-2-3-12(15)17-16-10)7-11-13(9)19-5-1-4-18-11/h6-7H,1-5H2,(H2,15,17). The van der Waals surface area contributed by atoms with Gasteiger partial charge in [-0.3, -0.25) is 0 Å². The molecule has 5 nitrogen and oxygen atoms in total. The smallest absolute Gasteiger partial charge is 0.175 e. The lowest BCUT2D eigenvalue weighted by Gasteiger charge is -2.14. The first-order valence-corrected chi connectivity index (χ1v) is 7.02. The molecule has 2 aliphatic rings. The number of nitrogens with two attached hydrogens (primary N) is 1. The van der Waals surface area contributed by atoms with Crippen LogP contribution in [0.5, 0.6) is 11.5 Å². The lowest BCUT2D eigenvalue weighted by atomic mass is 10.0. The molecule has 3 rings (SSSR count). The third-order valence-electron chi connectivity index (χ3n) is 3.05. The molecule has 0 fully saturated rings. The highest BCUT2D eigenvalue weighted by atomic mass is 79.9. The van der Waals surface area contributed by atoms with Gasteiger partial charge >= 0.3 is 0 Å². The van der Waals surface area contributed by atoms with Crippen LogP contribution in [0.25, 0.3) is 0 Å². The minimum Gasteiger partial charge on any atom is -0.489 e. The molecule has 2 aliphatic heterocycles. The van der Waals surface area contributed by atoms with Crippen LogP contribution >= 0.6 is 15.9 Å². The van der Waals surface area contributed by atoms with Gasteiger partial charge in [0, 0.05) is 18.4 Å². The van der Waals surface area contributed by atoms with Gasteiger partial charge in [0.2, 0.25) is 0 Å².